The molecule has 1 N–H and O–H groups in total. The first-order chi connectivity index (χ1) is 12.7. The lowest BCUT2D eigenvalue weighted by Gasteiger charge is -2.16. The van der Waals surface area contributed by atoms with E-state index < -0.39 is 6.04 Å². The molecule has 0 bridgehead atoms. The number of hydrogen-bond acceptors (Lipinski definition) is 4. The van der Waals surface area contributed by atoms with E-state index in [2.05, 4.69) is 17.4 Å². The van der Waals surface area contributed by atoms with Gasteiger partial charge in [-0.2, -0.15) is 0 Å². The minimum absolute atomic E-state index is 0.167. The van der Waals surface area contributed by atoms with Gasteiger partial charge < -0.3 is 10.1 Å². The topological polar surface area (TPSA) is 58.6 Å². The molecule has 2 aromatic carbocycles. The zero-order valence-corrected chi connectivity index (χ0v) is 15.0. The highest BCUT2D eigenvalue weighted by Gasteiger charge is 2.39. The summed E-state index contributed by atoms with van der Waals surface area (Å²) in [6, 6.07) is 16.9. The van der Waals surface area contributed by atoms with Crippen molar-refractivity contribution in [2.75, 3.05) is 18.1 Å². The normalized spacial score (nSPS) is 17.0. The Hall–Kier alpha value is -2.66. The summed E-state index contributed by atoms with van der Waals surface area (Å²) < 4.78 is 5.40. The summed E-state index contributed by atoms with van der Waals surface area (Å²) in [5.74, 6) is 0.379. The van der Waals surface area contributed by atoms with E-state index >= 15 is 0 Å². The summed E-state index contributed by atoms with van der Waals surface area (Å²) in [5, 5.41) is 3.23. The fourth-order valence-corrected chi connectivity index (χ4v) is 3.13. The molecule has 1 heterocycles. The average molecular weight is 352 g/mol. The number of ether oxygens (including phenoxy) is 1. The van der Waals surface area contributed by atoms with Crippen molar-refractivity contribution in [1.29, 1.82) is 0 Å². The van der Waals surface area contributed by atoms with E-state index in [1.807, 2.05) is 25.1 Å². The fraction of sp³-hybridized carbons (Fsp3) is 0.333. The third-order valence-electron chi connectivity index (χ3n) is 4.43. The maximum Gasteiger partial charge on any atom is 0.251 e. The van der Waals surface area contributed by atoms with Gasteiger partial charge in [-0.25, -0.2) is 4.90 Å². The van der Waals surface area contributed by atoms with Gasteiger partial charge in [0.15, 0.2) is 0 Å². The lowest BCUT2D eigenvalue weighted by atomic mass is 10.1. The zero-order valence-electron chi connectivity index (χ0n) is 15.0. The van der Waals surface area contributed by atoms with E-state index in [1.165, 1.54) is 10.5 Å². The summed E-state index contributed by atoms with van der Waals surface area (Å²) in [4.78, 5) is 26.2. The van der Waals surface area contributed by atoms with Crippen LogP contribution >= 0.6 is 0 Å². The highest BCUT2D eigenvalue weighted by Crippen LogP contribution is 2.25. The quantitative estimate of drug-likeness (QED) is 0.586. The van der Waals surface area contributed by atoms with E-state index in [9.17, 15) is 9.59 Å². The zero-order chi connectivity index (χ0) is 18.4. The molecule has 5 nitrogen and oxygen atoms in total. The monoisotopic (exact) mass is 352 g/mol. The van der Waals surface area contributed by atoms with Crippen molar-refractivity contribution >= 4 is 17.5 Å². The van der Waals surface area contributed by atoms with Crippen LogP contribution < -0.4 is 15.0 Å². The van der Waals surface area contributed by atoms with Crippen molar-refractivity contribution < 1.29 is 14.3 Å². The van der Waals surface area contributed by atoms with Crippen molar-refractivity contribution in [2.24, 2.45) is 0 Å². The van der Waals surface area contributed by atoms with Crippen LogP contribution in [-0.4, -0.2) is 31.0 Å². The summed E-state index contributed by atoms with van der Waals surface area (Å²) >= 11 is 0. The van der Waals surface area contributed by atoms with Crippen LogP contribution in [0.15, 0.2) is 54.6 Å². The van der Waals surface area contributed by atoms with Gasteiger partial charge in [0.25, 0.3) is 5.91 Å². The first-order valence-electron chi connectivity index (χ1n) is 9.06. The van der Waals surface area contributed by atoms with Crippen LogP contribution in [0, 0.1) is 0 Å². The SMILES string of the molecule is CCOc1ccc(N2C(=O)C[C@H](NCCCc3ccccc3)C2=O)cc1. The third-order valence-corrected chi connectivity index (χ3v) is 4.43. The summed E-state index contributed by atoms with van der Waals surface area (Å²) in [6.07, 6.45) is 2.08. The Labute approximate surface area is 154 Å². The molecular weight excluding hydrogens is 328 g/mol. The number of benzene rings is 2. The van der Waals surface area contributed by atoms with Crippen molar-refractivity contribution in [3.63, 3.8) is 0 Å². The molecule has 1 aliphatic heterocycles. The minimum atomic E-state index is -0.440. The number of rotatable bonds is 8. The van der Waals surface area contributed by atoms with Crippen LogP contribution in [0.4, 0.5) is 5.69 Å². The van der Waals surface area contributed by atoms with E-state index in [-0.39, 0.29) is 18.2 Å². The second-order valence-electron chi connectivity index (χ2n) is 6.29. The molecule has 0 unspecified atom stereocenters. The van der Waals surface area contributed by atoms with Crippen LogP contribution in [-0.2, 0) is 16.0 Å². The number of nitrogens with zero attached hydrogens (tertiary/aromatic N) is 1. The molecule has 0 aromatic heterocycles. The van der Waals surface area contributed by atoms with Crippen molar-refractivity contribution in [2.45, 2.75) is 32.2 Å². The van der Waals surface area contributed by atoms with Crippen molar-refractivity contribution in [1.82, 2.24) is 5.32 Å². The first-order valence-corrected chi connectivity index (χ1v) is 9.06. The highest BCUT2D eigenvalue weighted by molar-refractivity contribution is 6.22. The van der Waals surface area contributed by atoms with Gasteiger partial charge in [-0.15, -0.1) is 0 Å². The van der Waals surface area contributed by atoms with Gasteiger partial charge >= 0.3 is 0 Å². The van der Waals surface area contributed by atoms with Crippen LogP contribution in [0.1, 0.15) is 25.3 Å². The Balaban J connectivity index is 1.53. The number of hydrogen-bond donors (Lipinski definition) is 1. The maximum absolute atomic E-state index is 12.6. The molecule has 26 heavy (non-hydrogen) atoms. The number of aryl methyl sites for hydroxylation is 1. The summed E-state index contributed by atoms with van der Waals surface area (Å²) in [7, 11) is 0. The lowest BCUT2D eigenvalue weighted by Crippen LogP contribution is -2.39. The molecule has 1 atom stereocenters. The largest absolute Gasteiger partial charge is 0.494 e. The Morgan fingerprint density at radius 3 is 2.50 bits per heavy atom. The van der Waals surface area contributed by atoms with Gasteiger partial charge in [0.05, 0.1) is 24.8 Å². The number of carbonyl (C=O) groups is 2. The molecule has 0 spiro atoms. The number of amides is 2. The molecule has 0 radical (unpaired) electrons. The Morgan fingerprint density at radius 1 is 1.08 bits per heavy atom. The fourth-order valence-electron chi connectivity index (χ4n) is 3.13. The van der Waals surface area contributed by atoms with E-state index in [1.54, 1.807) is 24.3 Å². The molecule has 3 rings (SSSR count). The molecule has 0 saturated carbocycles. The average Bonchev–Trinajstić information content (AvgIpc) is 2.94. The molecule has 1 aliphatic rings. The Bertz CT molecular complexity index is 744. The maximum atomic E-state index is 12.6. The molecule has 2 amide bonds. The molecule has 1 fully saturated rings. The number of imide groups is 1. The van der Waals surface area contributed by atoms with Crippen LogP contribution in [0.3, 0.4) is 0 Å². The first kappa shape index (κ1) is 18.1. The van der Waals surface area contributed by atoms with Gasteiger partial charge in [0, 0.05) is 0 Å². The predicted molar refractivity (Wildman–Crippen MR) is 101 cm³/mol. The standard InChI is InChI=1S/C21H24N2O3/c1-2-26-18-12-10-17(11-13-18)23-20(24)15-19(21(23)25)22-14-6-9-16-7-4-3-5-8-16/h3-5,7-8,10-13,19,22H,2,6,9,14-15H2,1H3/t19-/m0/s1. The van der Waals surface area contributed by atoms with E-state index in [0.29, 0.717) is 18.8 Å². The predicted octanol–water partition coefficient (Wildman–Crippen LogP) is 2.94. The number of carbonyl (C=O) groups excluding carboxylic acids is 2. The summed E-state index contributed by atoms with van der Waals surface area (Å²) in [5.41, 5.74) is 1.87. The molecule has 0 aliphatic carbocycles. The van der Waals surface area contributed by atoms with Gasteiger partial charge in [-0.05, 0) is 56.1 Å². The smallest absolute Gasteiger partial charge is 0.251 e. The van der Waals surface area contributed by atoms with Gasteiger partial charge in [0.2, 0.25) is 5.91 Å². The molecule has 2 aromatic rings. The Kier molecular flexibility index (Phi) is 6.02. The van der Waals surface area contributed by atoms with Crippen LogP contribution in [0.5, 0.6) is 5.75 Å². The highest BCUT2D eigenvalue weighted by atomic mass is 16.5. The number of anilines is 1. The van der Waals surface area contributed by atoms with Crippen molar-refractivity contribution in [3.8, 4) is 5.75 Å². The lowest BCUT2D eigenvalue weighted by molar-refractivity contribution is -0.121. The van der Waals surface area contributed by atoms with Crippen molar-refractivity contribution in [3.05, 3.63) is 60.2 Å². The van der Waals surface area contributed by atoms with E-state index in [0.717, 1.165) is 18.6 Å². The second-order valence-corrected chi connectivity index (χ2v) is 6.29. The number of nitrogens with one attached hydrogen (secondary N) is 1. The van der Waals surface area contributed by atoms with Gasteiger partial charge in [-0.3, -0.25) is 9.59 Å². The van der Waals surface area contributed by atoms with Crippen LogP contribution in [0.2, 0.25) is 0 Å². The summed E-state index contributed by atoms with van der Waals surface area (Å²) in [6.45, 7) is 3.20. The van der Waals surface area contributed by atoms with Gasteiger partial charge in [0.1, 0.15) is 5.75 Å². The third kappa shape index (κ3) is 4.29. The molecule has 136 valence electrons. The molecular formula is C21H24N2O3. The molecule has 1 saturated heterocycles. The minimum Gasteiger partial charge on any atom is -0.494 e. The van der Waals surface area contributed by atoms with Crippen LogP contribution in [0.25, 0.3) is 0 Å². The molecule has 5 heteroatoms. The van der Waals surface area contributed by atoms with E-state index in [4.69, 9.17) is 4.74 Å². The van der Waals surface area contributed by atoms with Gasteiger partial charge in [-0.1, -0.05) is 30.3 Å². The second kappa shape index (κ2) is 8.63. The Morgan fingerprint density at radius 2 is 1.81 bits per heavy atom.